The highest BCUT2D eigenvalue weighted by Crippen LogP contribution is 2.17. The van der Waals surface area contributed by atoms with E-state index in [4.69, 9.17) is 9.84 Å². The van der Waals surface area contributed by atoms with Gasteiger partial charge in [-0.25, -0.2) is 0 Å². The molecule has 0 aromatic heterocycles. The number of ether oxygens (including phenoxy) is 1. The van der Waals surface area contributed by atoms with Gasteiger partial charge in [-0.05, 0) is 43.9 Å². The lowest BCUT2D eigenvalue weighted by molar-refractivity contribution is -0.123. The van der Waals surface area contributed by atoms with Crippen molar-refractivity contribution in [2.45, 2.75) is 25.7 Å². The van der Waals surface area contributed by atoms with Gasteiger partial charge in [0, 0.05) is 25.2 Å². The van der Waals surface area contributed by atoms with Crippen LogP contribution in [0.3, 0.4) is 0 Å². The highest BCUT2D eigenvalue weighted by Gasteiger charge is 2.18. The Morgan fingerprint density at radius 3 is 2.74 bits per heavy atom. The molecule has 2 rings (SSSR count). The van der Waals surface area contributed by atoms with E-state index in [9.17, 15) is 9.59 Å². The van der Waals surface area contributed by atoms with Crippen LogP contribution in [0.5, 0.6) is 5.75 Å². The van der Waals surface area contributed by atoms with Gasteiger partial charge >= 0.3 is 0 Å². The molecule has 0 saturated carbocycles. The van der Waals surface area contributed by atoms with E-state index in [-0.39, 0.29) is 11.8 Å². The fourth-order valence-electron chi connectivity index (χ4n) is 2.54. The van der Waals surface area contributed by atoms with Crippen molar-refractivity contribution in [1.82, 2.24) is 10.2 Å². The quantitative estimate of drug-likeness (QED) is 0.740. The summed E-state index contributed by atoms with van der Waals surface area (Å²) in [4.78, 5) is 25.2. The summed E-state index contributed by atoms with van der Waals surface area (Å²) in [6.07, 6.45) is 3.97. The van der Waals surface area contributed by atoms with Gasteiger partial charge in [0.05, 0.1) is 6.61 Å². The molecule has 0 radical (unpaired) electrons. The maximum absolute atomic E-state index is 12.4. The number of benzene rings is 1. The molecule has 0 aliphatic carbocycles. The third-order valence-corrected chi connectivity index (χ3v) is 3.78. The summed E-state index contributed by atoms with van der Waals surface area (Å²) in [5.41, 5.74) is 0.651. The van der Waals surface area contributed by atoms with Crippen molar-refractivity contribution in [3.63, 3.8) is 0 Å². The lowest BCUT2D eigenvalue weighted by atomic mass is 10.1. The van der Waals surface area contributed by atoms with Crippen molar-refractivity contribution in [2.75, 3.05) is 32.8 Å². The Morgan fingerprint density at radius 2 is 2.00 bits per heavy atom. The normalized spacial score (nSPS) is 14.4. The molecule has 2 amide bonds. The molecule has 0 spiro atoms. The van der Waals surface area contributed by atoms with Gasteiger partial charge in [-0.3, -0.25) is 9.59 Å². The molecule has 1 aliphatic heterocycles. The predicted molar refractivity (Wildman–Crippen MR) is 86.4 cm³/mol. The first-order chi connectivity index (χ1) is 11.2. The fourth-order valence-corrected chi connectivity index (χ4v) is 2.54. The van der Waals surface area contributed by atoms with Gasteiger partial charge in [0.2, 0.25) is 5.91 Å². The predicted octanol–water partition coefficient (Wildman–Crippen LogP) is 1.19. The summed E-state index contributed by atoms with van der Waals surface area (Å²) in [5, 5.41) is 11.1. The zero-order valence-electron chi connectivity index (χ0n) is 13.3. The number of carbonyl (C=O) groups excluding carboxylic acids is 2. The molecule has 2 N–H and O–H groups in total. The smallest absolute Gasteiger partial charge is 0.253 e. The fraction of sp³-hybridized carbons (Fsp3) is 0.529. The molecule has 23 heavy (non-hydrogen) atoms. The minimum absolute atomic E-state index is 0.0605. The van der Waals surface area contributed by atoms with Crippen molar-refractivity contribution < 1.29 is 19.4 Å². The number of hydrogen-bond acceptors (Lipinski definition) is 4. The first kappa shape index (κ1) is 17.3. The largest absolute Gasteiger partial charge is 0.494 e. The topological polar surface area (TPSA) is 78.9 Å². The lowest BCUT2D eigenvalue weighted by Gasteiger charge is -2.26. The summed E-state index contributed by atoms with van der Waals surface area (Å²) in [5.74, 6) is 0.325. The second-order valence-corrected chi connectivity index (χ2v) is 5.59. The number of aliphatic hydroxyl groups excluding tert-OH is 1. The van der Waals surface area contributed by atoms with Crippen molar-refractivity contribution >= 4 is 11.8 Å². The van der Waals surface area contributed by atoms with E-state index < -0.39 is 6.61 Å². The number of rotatable bonds is 7. The van der Waals surface area contributed by atoms with Gasteiger partial charge in [-0.15, -0.1) is 0 Å². The van der Waals surface area contributed by atoms with Crippen LogP contribution in [0.2, 0.25) is 0 Å². The van der Waals surface area contributed by atoms with E-state index in [0.29, 0.717) is 30.9 Å². The Hall–Kier alpha value is -2.08. The summed E-state index contributed by atoms with van der Waals surface area (Å²) in [6, 6.07) is 7.22. The Bertz CT molecular complexity index is 527. The maximum Gasteiger partial charge on any atom is 0.253 e. The number of nitrogens with zero attached hydrogens (tertiary/aromatic N) is 1. The van der Waals surface area contributed by atoms with Gasteiger partial charge < -0.3 is 20.1 Å². The van der Waals surface area contributed by atoms with Crippen LogP contribution < -0.4 is 10.1 Å². The van der Waals surface area contributed by atoms with E-state index in [2.05, 4.69) is 5.32 Å². The molecule has 1 saturated heterocycles. The molecule has 1 aromatic rings. The van der Waals surface area contributed by atoms with Crippen molar-refractivity contribution in [2.24, 2.45) is 0 Å². The van der Waals surface area contributed by atoms with Crippen molar-refractivity contribution in [3.8, 4) is 5.75 Å². The van der Waals surface area contributed by atoms with Crippen LogP contribution in [0.25, 0.3) is 0 Å². The van der Waals surface area contributed by atoms with Crippen LogP contribution in [0.4, 0.5) is 0 Å². The van der Waals surface area contributed by atoms with Crippen LogP contribution in [-0.2, 0) is 4.79 Å². The zero-order chi connectivity index (χ0) is 16.5. The van der Waals surface area contributed by atoms with Crippen molar-refractivity contribution in [3.05, 3.63) is 29.8 Å². The van der Waals surface area contributed by atoms with E-state index in [1.807, 2.05) is 23.1 Å². The van der Waals surface area contributed by atoms with Crippen LogP contribution in [-0.4, -0.2) is 54.7 Å². The first-order valence-electron chi connectivity index (χ1n) is 8.10. The Balaban J connectivity index is 1.80. The average molecular weight is 320 g/mol. The molecule has 0 bridgehead atoms. The molecule has 0 atom stereocenters. The molecule has 1 fully saturated rings. The number of hydrogen-bond donors (Lipinski definition) is 2. The molecule has 6 nitrogen and oxygen atoms in total. The molecule has 126 valence electrons. The van der Waals surface area contributed by atoms with Crippen LogP contribution in [0.1, 0.15) is 36.0 Å². The molecule has 6 heteroatoms. The standard InChI is InChI=1S/C17H24N2O4/c20-13-16(21)18-8-5-11-23-15-7-4-6-14(12-15)17(22)19-9-2-1-3-10-19/h4,6-7,12,20H,1-3,5,8-11,13H2,(H,18,21). The number of aliphatic hydroxyl groups is 1. The molecular weight excluding hydrogens is 296 g/mol. The summed E-state index contributed by atoms with van der Waals surface area (Å²) >= 11 is 0. The summed E-state index contributed by atoms with van der Waals surface area (Å²) in [6.45, 7) is 2.04. The minimum Gasteiger partial charge on any atom is -0.494 e. The zero-order valence-corrected chi connectivity index (χ0v) is 13.3. The lowest BCUT2D eigenvalue weighted by Crippen LogP contribution is -2.35. The van der Waals surface area contributed by atoms with Crippen LogP contribution >= 0.6 is 0 Å². The van der Waals surface area contributed by atoms with Gasteiger partial charge in [0.1, 0.15) is 12.4 Å². The number of likely N-dealkylation sites (tertiary alicyclic amines) is 1. The van der Waals surface area contributed by atoms with Crippen molar-refractivity contribution in [1.29, 1.82) is 0 Å². The number of carbonyl (C=O) groups is 2. The second-order valence-electron chi connectivity index (χ2n) is 5.59. The third-order valence-electron chi connectivity index (χ3n) is 3.78. The molecule has 1 heterocycles. The van der Waals surface area contributed by atoms with Gasteiger partial charge in [0.25, 0.3) is 5.91 Å². The van der Waals surface area contributed by atoms with E-state index in [1.54, 1.807) is 6.07 Å². The molecular formula is C17H24N2O4. The van der Waals surface area contributed by atoms with Gasteiger partial charge in [0.15, 0.2) is 0 Å². The maximum atomic E-state index is 12.4. The second kappa shape index (κ2) is 9.15. The summed E-state index contributed by atoms with van der Waals surface area (Å²) < 4.78 is 5.62. The minimum atomic E-state index is -0.498. The first-order valence-corrected chi connectivity index (χ1v) is 8.10. The Labute approximate surface area is 136 Å². The highest BCUT2D eigenvalue weighted by molar-refractivity contribution is 5.94. The SMILES string of the molecule is O=C(CO)NCCCOc1cccc(C(=O)N2CCCCC2)c1. The highest BCUT2D eigenvalue weighted by atomic mass is 16.5. The molecule has 0 unspecified atom stereocenters. The number of piperidine rings is 1. The van der Waals surface area contributed by atoms with E-state index in [0.717, 1.165) is 25.9 Å². The van der Waals surface area contributed by atoms with Crippen LogP contribution in [0.15, 0.2) is 24.3 Å². The Kier molecular flexibility index (Phi) is 6.87. The number of amides is 2. The number of nitrogens with one attached hydrogen (secondary N) is 1. The monoisotopic (exact) mass is 320 g/mol. The van der Waals surface area contributed by atoms with E-state index >= 15 is 0 Å². The summed E-state index contributed by atoms with van der Waals surface area (Å²) in [7, 11) is 0. The van der Waals surface area contributed by atoms with Crippen LogP contribution in [0, 0.1) is 0 Å². The average Bonchev–Trinajstić information content (AvgIpc) is 2.61. The van der Waals surface area contributed by atoms with E-state index in [1.165, 1.54) is 6.42 Å². The van der Waals surface area contributed by atoms with Gasteiger partial charge in [-0.2, -0.15) is 0 Å². The molecule has 1 aliphatic rings. The third kappa shape index (κ3) is 5.56. The molecule has 1 aromatic carbocycles. The van der Waals surface area contributed by atoms with Gasteiger partial charge in [-0.1, -0.05) is 6.07 Å². The Morgan fingerprint density at radius 1 is 1.22 bits per heavy atom.